The van der Waals surface area contributed by atoms with Gasteiger partial charge in [0.05, 0.1) is 0 Å². The van der Waals surface area contributed by atoms with Crippen molar-refractivity contribution < 1.29 is 4.57 Å². The Morgan fingerprint density at radius 1 is 0.652 bits per heavy atom. The summed E-state index contributed by atoms with van der Waals surface area (Å²) in [5.41, 5.74) is 0. The summed E-state index contributed by atoms with van der Waals surface area (Å²) in [5, 5.41) is 6.44. The summed E-state index contributed by atoms with van der Waals surface area (Å²) < 4.78 is 13.7. The Hall–Kier alpha value is -2.37. The van der Waals surface area contributed by atoms with Gasteiger partial charge in [0, 0.05) is 10.6 Å². The van der Waals surface area contributed by atoms with E-state index in [1.165, 1.54) is 10.8 Å². The van der Waals surface area contributed by atoms with Gasteiger partial charge in [-0.05, 0) is 34.3 Å². The molecule has 0 saturated heterocycles. The van der Waals surface area contributed by atoms with Crippen molar-refractivity contribution in [1.29, 1.82) is 0 Å². The number of hydrogen-bond acceptors (Lipinski definition) is 1. The number of rotatable bonds is 2. The summed E-state index contributed by atoms with van der Waals surface area (Å²) in [6, 6.07) is 28.5. The van der Waals surface area contributed by atoms with Crippen LogP contribution >= 0.6 is 7.14 Å². The van der Waals surface area contributed by atoms with Crippen LogP contribution in [0.15, 0.2) is 84.9 Å². The van der Waals surface area contributed by atoms with E-state index in [0.29, 0.717) is 0 Å². The second-order valence-electron chi connectivity index (χ2n) is 5.92. The smallest absolute Gasteiger partial charge is 0.140 e. The highest BCUT2D eigenvalue weighted by atomic mass is 31.2. The molecule has 4 aromatic rings. The lowest BCUT2D eigenvalue weighted by Crippen LogP contribution is -2.16. The first-order valence-corrected chi connectivity index (χ1v) is 9.87. The van der Waals surface area contributed by atoms with E-state index < -0.39 is 7.14 Å². The van der Waals surface area contributed by atoms with Gasteiger partial charge in [-0.15, -0.1) is 0 Å². The van der Waals surface area contributed by atoms with Gasteiger partial charge in [-0.25, -0.2) is 0 Å². The molecule has 0 spiro atoms. The van der Waals surface area contributed by atoms with Crippen molar-refractivity contribution in [2.75, 3.05) is 6.66 Å². The van der Waals surface area contributed by atoms with Crippen LogP contribution < -0.4 is 10.6 Å². The fourth-order valence-corrected chi connectivity index (χ4v) is 5.30. The predicted molar refractivity (Wildman–Crippen MR) is 101 cm³/mol. The lowest BCUT2D eigenvalue weighted by atomic mass is 10.0. The van der Waals surface area contributed by atoms with Crippen molar-refractivity contribution >= 4 is 39.3 Å². The predicted octanol–water partition coefficient (Wildman–Crippen LogP) is 4.94. The van der Waals surface area contributed by atoms with Crippen molar-refractivity contribution in [3.63, 3.8) is 0 Å². The van der Waals surface area contributed by atoms with Crippen LogP contribution in [0, 0.1) is 0 Å². The molecule has 0 saturated carbocycles. The molecule has 0 amide bonds. The summed E-state index contributed by atoms with van der Waals surface area (Å²) in [7, 11) is -2.65. The quantitative estimate of drug-likeness (QED) is 0.378. The highest BCUT2D eigenvalue weighted by Crippen LogP contribution is 2.42. The van der Waals surface area contributed by atoms with E-state index in [1.807, 2.05) is 55.2 Å². The fraction of sp³-hybridized carbons (Fsp3) is 0.0476. The summed E-state index contributed by atoms with van der Waals surface area (Å²) in [6.07, 6.45) is 0. The van der Waals surface area contributed by atoms with E-state index in [0.717, 1.165) is 21.4 Å². The normalized spacial score (nSPS) is 14.0. The first-order chi connectivity index (χ1) is 11.2. The van der Waals surface area contributed by atoms with Crippen molar-refractivity contribution in [1.82, 2.24) is 0 Å². The van der Waals surface area contributed by atoms with Crippen LogP contribution in [0.3, 0.4) is 0 Å². The van der Waals surface area contributed by atoms with Gasteiger partial charge in [-0.2, -0.15) is 0 Å². The molecular weight excluding hydrogens is 299 g/mol. The van der Waals surface area contributed by atoms with E-state index in [-0.39, 0.29) is 0 Å². The molecule has 1 atom stereocenters. The Morgan fingerprint density at radius 2 is 1.22 bits per heavy atom. The molecule has 23 heavy (non-hydrogen) atoms. The summed E-state index contributed by atoms with van der Waals surface area (Å²) in [5.74, 6) is 0. The van der Waals surface area contributed by atoms with Crippen LogP contribution in [0.2, 0.25) is 0 Å². The van der Waals surface area contributed by atoms with Crippen LogP contribution in [0.5, 0.6) is 0 Å². The molecule has 1 nitrogen and oxygen atoms in total. The minimum atomic E-state index is -2.65. The zero-order chi connectivity index (χ0) is 15.9. The lowest BCUT2D eigenvalue weighted by Gasteiger charge is -2.18. The van der Waals surface area contributed by atoms with Crippen molar-refractivity contribution in [3.8, 4) is 0 Å². The van der Waals surface area contributed by atoms with Crippen molar-refractivity contribution in [2.24, 2.45) is 0 Å². The van der Waals surface area contributed by atoms with Gasteiger partial charge in [0.15, 0.2) is 0 Å². The van der Waals surface area contributed by atoms with Crippen LogP contribution in [0.25, 0.3) is 21.5 Å². The van der Waals surface area contributed by atoms with Gasteiger partial charge >= 0.3 is 0 Å². The maximum Gasteiger partial charge on any atom is 0.140 e. The third kappa shape index (κ3) is 2.29. The standard InChI is InChI=1S/C21H17OP/c1-23(22,17-10-3-2-4-11-17)21-15-16-9-5-6-12-18(16)19-13-7-8-14-20(19)21/h2-15H,1H3. The number of hydrogen-bond donors (Lipinski definition) is 0. The largest absolute Gasteiger partial charge is 0.314 e. The van der Waals surface area contributed by atoms with Gasteiger partial charge in [-0.1, -0.05) is 78.9 Å². The Bertz CT molecular complexity index is 1050. The molecule has 0 bridgehead atoms. The lowest BCUT2D eigenvalue weighted by molar-refractivity contribution is 0.590. The highest BCUT2D eigenvalue weighted by Gasteiger charge is 2.24. The highest BCUT2D eigenvalue weighted by molar-refractivity contribution is 7.78. The third-order valence-electron chi connectivity index (χ3n) is 4.45. The third-order valence-corrected chi connectivity index (χ3v) is 7.03. The molecule has 4 aromatic carbocycles. The van der Waals surface area contributed by atoms with Gasteiger partial charge < -0.3 is 4.57 Å². The molecule has 112 valence electrons. The zero-order valence-electron chi connectivity index (χ0n) is 12.9. The van der Waals surface area contributed by atoms with Gasteiger partial charge in [0.2, 0.25) is 0 Å². The Balaban J connectivity index is 2.12. The zero-order valence-corrected chi connectivity index (χ0v) is 13.8. The molecule has 0 radical (unpaired) electrons. The molecule has 0 aliphatic carbocycles. The van der Waals surface area contributed by atoms with Gasteiger partial charge in [0.25, 0.3) is 0 Å². The molecule has 4 rings (SSSR count). The van der Waals surface area contributed by atoms with E-state index in [4.69, 9.17) is 0 Å². The SMILES string of the molecule is CP(=O)(c1ccccc1)c1cc2ccccc2c2ccccc12. The van der Waals surface area contributed by atoms with Crippen LogP contribution in [0.1, 0.15) is 0 Å². The molecule has 0 N–H and O–H groups in total. The molecule has 0 aliphatic rings. The second kappa shape index (κ2) is 5.37. The number of benzene rings is 4. The van der Waals surface area contributed by atoms with E-state index >= 15 is 0 Å². The Morgan fingerprint density at radius 3 is 1.96 bits per heavy atom. The fourth-order valence-electron chi connectivity index (χ4n) is 3.24. The minimum Gasteiger partial charge on any atom is -0.314 e. The monoisotopic (exact) mass is 316 g/mol. The van der Waals surface area contributed by atoms with Crippen LogP contribution in [0.4, 0.5) is 0 Å². The van der Waals surface area contributed by atoms with Gasteiger partial charge in [-0.3, -0.25) is 0 Å². The molecule has 2 heteroatoms. The summed E-state index contributed by atoms with van der Waals surface area (Å²) in [4.78, 5) is 0. The van der Waals surface area contributed by atoms with Crippen molar-refractivity contribution in [2.45, 2.75) is 0 Å². The Labute approximate surface area is 136 Å². The molecule has 0 heterocycles. The molecule has 0 aromatic heterocycles. The first-order valence-electron chi connectivity index (χ1n) is 7.72. The molecular formula is C21H17OP. The minimum absolute atomic E-state index is 0.903. The maximum atomic E-state index is 13.7. The van der Waals surface area contributed by atoms with Crippen molar-refractivity contribution in [3.05, 3.63) is 84.9 Å². The topological polar surface area (TPSA) is 17.1 Å². The average Bonchev–Trinajstić information content (AvgIpc) is 2.62. The van der Waals surface area contributed by atoms with Crippen LogP contribution in [-0.4, -0.2) is 6.66 Å². The van der Waals surface area contributed by atoms with E-state index in [9.17, 15) is 4.57 Å². The first kappa shape index (κ1) is 14.2. The number of fused-ring (bicyclic) bond motifs is 3. The van der Waals surface area contributed by atoms with Gasteiger partial charge in [0.1, 0.15) is 7.14 Å². The molecule has 0 aliphatic heterocycles. The average molecular weight is 316 g/mol. The van der Waals surface area contributed by atoms with Crippen LogP contribution in [-0.2, 0) is 4.57 Å². The molecule has 0 fully saturated rings. The van der Waals surface area contributed by atoms with E-state index in [1.54, 1.807) is 0 Å². The summed E-state index contributed by atoms with van der Waals surface area (Å²) >= 11 is 0. The van der Waals surface area contributed by atoms with E-state index in [2.05, 4.69) is 36.4 Å². The molecule has 1 unspecified atom stereocenters. The summed E-state index contributed by atoms with van der Waals surface area (Å²) in [6.45, 7) is 1.87. The second-order valence-corrected chi connectivity index (χ2v) is 8.77. The Kier molecular flexibility index (Phi) is 3.32. The maximum absolute atomic E-state index is 13.7.